The van der Waals surface area contributed by atoms with Crippen LogP contribution in [0.15, 0.2) is 24.3 Å². The van der Waals surface area contributed by atoms with Gasteiger partial charge in [0.15, 0.2) is 0 Å². The fourth-order valence-electron chi connectivity index (χ4n) is 0.521. The third kappa shape index (κ3) is 10.00. The highest BCUT2D eigenvalue weighted by Crippen LogP contribution is 1.81. The third-order valence-electron chi connectivity index (χ3n) is 1.17. The highest BCUT2D eigenvalue weighted by Gasteiger charge is 1.90. The first-order valence-corrected chi connectivity index (χ1v) is 4.39. The molecule has 0 fully saturated rings. The predicted octanol–water partition coefficient (Wildman–Crippen LogP) is 0.482. The van der Waals surface area contributed by atoms with Gasteiger partial charge in [-0.3, -0.25) is 0 Å². The minimum absolute atomic E-state index is 0.307. The van der Waals surface area contributed by atoms with Crippen LogP contribution in [-0.4, -0.2) is 22.9 Å². The summed E-state index contributed by atoms with van der Waals surface area (Å²) in [7, 11) is 0. The first-order chi connectivity index (χ1) is 7.31. The highest BCUT2D eigenvalue weighted by atomic mass is 16.3. The van der Waals surface area contributed by atoms with Gasteiger partial charge in [0.2, 0.25) is 0 Å². The largest absolute Gasteiger partial charge is 0.393 e. The predicted molar refractivity (Wildman–Crippen MR) is 60.4 cm³/mol. The molecule has 0 bridgehead atoms. The van der Waals surface area contributed by atoms with Crippen molar-refractivity contribution in [2.45, 2.75) is 13.0 Å². The van der Waals surface area contributed by atoms with E-state index in [1.807, 2.05) is 13.0 Å². The van der Waals surface area contributed by atoms with Crippen LogP contribution in [0.4, 0.5) is 0 Å². The van der Waals surface area contributed by atoms with Crippen LogP contribution in [0, 0.1) is 35.5 Å². The van der Waals surface area contributed by atoms with Gasteiger partial charge in [-0.25, -0.2) is 0 Å². The van der Waals surface area contributed by atoms with E-state index in [9.17, 15) is 0 Å². The van der Waals surface area contributed by atoms with Crippen LogP contribution >= 0.6 is 0 Å². The summed E-state index contributed by atoms with van der Waals surface area (Å²) in [5.74, 6) is 15.4. The van der Waals surface area contributed by atoms with Gasteiger partial charge in [0.25, 0.3) is 0 Å². The van der Waals surface area contributed by atoms with Crippen LogP contribution in [-0.2, 0) is 0 Å². The molecule has 0 aromatic heterocycles. The molecule has 0 aromatic carbocycles. The van der Waals surface area contributed by atoms with Crippen LogP contribution in [0.2, 0.25) is 0 Å². The molecule has 0 aromatic rings. The molecule has 0 amide bonds. The average Bonchev–Trinajstić information content (AvgIpc) is 2.26. The van der Waals surface area contributed by atoms with Gasteiger partial charge in [-0.05, 0) is 48.8 Å². The van der Waals surface area contributed by atoms with Crippen molar-refractivity contribution in [1.29, 1.82) is 0 Å². The molecule has 0 aliphatic heterocycles. The Bertz CT molecular complexity index is 397. The summed E-state index contributed by atoms with van der Waals surface area (Å²) in [4.78, 5) is 0. The van der Waals surface area contributed by atoms with E-state index in [1.54, 1.807) is 6.08 Å². The Kier molecular flexibility index (Phi) is 8.86. The lowest BCUT2D eigenvalue weighted by Gasteiger charge is -1.94. The lowest BCUT2D eigenvalue weighted by Crippen LogP contribution is -2.06. The molecule has 0 rings (SSSR count). The summed E-state index contributed by atoms with van der Waals surface area (Å²) in [6.07, 6.45) is 5.48. The molecule has 0 unspecified atom stereocenters. The molecular formula is C13H12O2. The molecule has 0 saturated carbocycles. The van der Waals surface area contributed by atoms with Crippen molar-refractivity contribution in [3.05, 3.63) is 24.3 Å². The molecule has 15 heavy (non-hydrogen) atoms. The maximum absolute atomic E-state index is 8.89. The van der Waals surface area contributed by atoms with Crippen LogP contribution in [0.25, 0.3) is 0 Å². The van der Waals surface area contributed by atoms with Gasteiger partial charge in [0.05, 0.1) is 12.7 Å². The second-order valence-corrected chi connectivity index (χ2v) is 2.40. The SMILES string of the molecule is C/C=C/C#CC#CC#C/C=C/[C@@H](O)CO. The molecule has 76 valence electrons. The lowest BCUT2D eigenvalue weighted by atomic mass is 10.3. The van der Waals surface area contributed by atoms with Crippen LogP contribution in [0.3, 0.4) is 0 Å². The zero-order valence-corrected chi connectivity index (χ0v) is 8.49. The lowest BCUT2D eigenvalue weighted by molar-refractivity contribution is 0.131. The fraction of sp³-hybridized carbons (Fsp3) is 0.231. The Morgan fingerprint density at radius 2 is 1.67 bits per heavy atom. The van der Waals surface area contributed by atoms with Crippen molar-refractivity contribution < 1.29 is 10.2 Å². The van der Waals surface area contributed by atoms with Gasteiger partial charge in [-0.15, -0.1) is 0 Å². The zero-order valence-electron chi connectivity index (χ0n) is 8.49. The van der Waals surface area contributed by atoms with Crippen molar-refractivity contribution in [2.75, 3.05) is 6.61 Å². The number of hydrogen-bond acceptors (Lipinski definition) is 2. The van der Waals surface area contributed by atoms with E-state index in [1.165, 1.54) is 12.2 Å². The van der Waals surface area contributed by atoms with Crippen molar-refractivity contribution in [1.82, 2.24) is 0 Å². The van der Waals surface area contributed by atoms with Crippen LogP contribution < -0.4 is 0 Å². The van der Waals surface area contributed by atoms with E-state index < -0.39 is 6.10 Å². The molecule has 2 heteroatoms. The quantitative estimate of drug-likeness (QED) is 0.637. The molecule has 0 aliphatic rings. The second kappa shape index (κ2) is 10.2. The molecule has 0 aliphatic carbocycles. The Labute approximate surface area is 90.3 Å². The fourth-order valence-corrected chi connectivity index (χ4v) is 0.521. The molecular weight excluding hydrogens is 188 g/mol. The van der Waals surface area contributed by atoms with E-state index in [2.05, 4.69) is 35.5 Å². The summed E-state index contributed by atoms with van der Waals surface area (Å²) in [5.41, 5.74) is 0. The van der Waals surface area contributed by atoms with Gasteiger partial charge < -0.3 is 10.2 Å². The Hall–Kier alpha value is -1.92. The normalized spacial score (nSPS) is 10.9. The maximum atomic E-state index is 8.89. The molecule has 0 spiro atoms. The number of aliphatic hydroxyl groups is 2. The minimum Gasteiger partial charge on any atom is -0.393 e. The van der Waals surface area contributed by atoms with Crippen molar-refractivity contribution in [2.24, 2.45) is 0 Å². The number of hydrogen-bond donors (Lipinski definition) is 2. The average molecular weight is 200 g/mol. The van der Waals surface area contributed by atoms with Gasteiger partial charge in [0.1, 0.15) is 0 Å². The van der Waals surface area contributed by atoms with Crippen molar-refractivity contribution >= 4 is 0 Å². The number of aliphatic hydroxyl groups excluding tert-OH is 2. The maximum Gasteiger partial charge on any atom is 0.0960 e. The summed E-state index contributed by atoms with van der Waals surface area (Å²) in [6, 6.07) is 0. The molecule has 0 heterocycles. The smallest absolute Gasteiger partial charge is 0.0960 e. The first-order valence-electron chi connectivity index (χ1n) is 4.39. The van der Waals surface area contributed by atoms with Crippen molar-refractivity contribution in [3.63, 3.8) is 0 Å². The Morgan fingerprint density at radius 1 is 1.07 bits per heavy atom. The Morgan fingerprint density at radius 3 is 2.20 bits per heavy atom. The van der Waals surface area contributed by atoms with Gasteiger partial charge in [-0.1, -0.05) is 17.9 Å². The highest BCUT2D eigenvalue weighted by molar-refractivity contribution is 5.39. The van der Waals surface area contributed by atoms with Gasteiger partial charge in [-0.2, -0.15) is 0 Å². The zero-order chi connectivity index (χ0) is 11.4. The number of rotatable bonds is 2. The van der Waals surface area contributed by atoms with E-state index in [-0.39, 0.29) is 6.61 Å². The molecule has 2 nitrogen and oxygen atoms in total. The summed E-state index contributed by atoms with van der Waals surface area (Å²) < 4.78 is 0. The number of allylic oxidation sites excluding steroid dienone is 3. The van der Waals surface area contributed by atoms with Crippen molar-refractivity contribution in [3.8, 4) is 35.5 Å². The van der Waals surface area contributed by atoms with E-state index in [0.29, 0.717) is 0 Å². The summed E-state index contributed by atoms with van der Waals surface area (Å²) in [5, 5.41) is 17.3. The molecule has 1 atom stereocenters. The van der Waals surface area contributed by atoms with Gasteiger partial charge >= 0.3 is 0 Å². The van der Waals surface area contributed by atoms with E-state index >= 15 is 0 Å². The summed E-state index contributed by atoms with van der Waals surface area (Å²) in [6.45, 7) is 1.57. The molecule has 0 saturated heterocycles. The molecule has 0 radical (unpaired) electrons. The van der Waals surface area contributed by atoms with E-state index in [4.69, 9.17) is 10.2 Å². The summed E-state index contributed by atoms with van der Waals surface area (Å²) >= 11 is 0. The van der Waals surface area contributed by atoms with Gasteiger partial charge in [0, 0.05) is 0 Å². The first kappa shape index (κ1) is 13.1. The third-order valence-corrected chi connectivity index (χ3v) is 1.17. The second-order valence-electron chi connectivity index (χ2n) is 2.40. The van der Waals surface area contributed by atoms with Crippen LogP contribution in [0.5, 0.6) is 0 Å². The Balaban J connectivity index is 4.01. The topological polar surface area (TPSA) is 40.5 Å². The van der Waals surface area contributed by atoms with Crippen LogP contribution in [0.1, 0.15) is 6.92 Å². The van der Waals surface area contributed by atoms with E-state index in [0.717, 1.165) is 0 Å². The minimum atomic E-state index is -0.859. The molecule has 2 N–H and O–H groups in total. The monoisotopic (exact) mass is 200 g/mol. The standard InChI is InChI=1S/C13H12O2/c1-2-3-4-5-6-7-8-9-10-11-13(15)12-14/h2-3,10-11,13-15H,12H2,1H3/b3-2+,11-10+/t13-/m1/s1.